The topological polar surface area (TPSA) is 97.1 Å². The molecular formula is C18H16N4O3. The molecule has 1 aromatic heterocycles. The van der Waals surface area contributed by atoms with Crippen molar-refractivity contribution in [3.05, 3.63) is 71.1 Å². The Bertz CT molecular complexity index is 919. The molecule has 0 radical (unpaired) electrons. The number of aromatic nitrogens is 2. The maximum Gasteiger partial charge on any atom is 0.327 e. The summed E-state index contributed by atoms with van der Waals surface area (Å²) in [7, 11) is 0. The number of amides is 2. The van der Waals surface area contributed by atoms with Gasteiger partial charge >= 0.3 is 11.8 Å². The first kappa shape index (κ1) is 16.4. The number of carbonyl (C=O) groups is 2. The number of benzene rings is 2. The van der Waals surface area contributed by atoms with Crippen molar-refractivity contribution >= 4 is 11.8 Å². The summed E-state index contributed by atoms with van der Waals surface area (Å²) in [6.07, 6.45) is 0. The van der Waals surface area contributed by atoms with Crippen LogP contribution in [0.2, 0.25) is 0 Å². The van der Waals surface area contributed by atoms with Gasteiger partial charge in [0.2, 0.25) is 5.89 Å². The maximum absolute atomic E-state index is 12.2. The second-order valence-electron chi connectivity index (χ2n) is 5.43. The van der Waals surface area contributed by atoms with Crippen molar-refractivity contribution in [1.82, 2.24) is 21.0 Å². The van der Waals surface area contributed by atoms with E-state index in [0.717, 1.165) is 11.1 Å². The fraction of sp³-hybridized carbons (Fsp3) is 0.111. The second kappa shape index (κ2) is 6.96. The van der Waals surface area contributed by atoms with Crippen molar-refractivity contribution in [2.24, 2.45) is 0 Å². The highest BCUT2D eigenvalue weighted by Gasteiger charge is 2.17. The van der Waals surface area contributed by atoms with Crippen LogP contribution in [0.5, 0.6) is 0 Å². The lowest BCUT2D eigenvalue weighted by Crippen LogP contribution is -2.42. The van der Waals surface area contributed by atoms with Gasteiger partial charge in [-0.3, -0.25) is 20.4 Å². The van der Waals surface area contributed by atoms with Crippen molar-refractivity contribution in [3.63, 3.8) is 0 Å². The Balaban J connectivity index is 1.66. The molecule has 2 aromatic carbocycles. The molecule has 0 fully saturated rings. The first-order valence-electron chi connectivity index (χ1n) is 7.62. The van der Waals surface area contributed by atoms with E-state index in [1.807, 2.05) is 38.1 Å². The van der Waals surface area contributed by atoms with E-state index in [-0.39, 0.29) is 11.8 Å². The van der Waals surface area contributed by atoms with Crippen LogP contribution < -0.4 is 10.9 Å². The zero-order valence-electron chi connectivity index (χ0n) is 13.7. The number of hydrogen-bond acceptors (Lipinski definition) is 5. The summed E-state index contributed by atoms with van der Waals surface area (Å²) in [5.74, 6) is -1.11. The van der Waals surface area contributed by atoms with Gasteiger partial charge in [-0.05, 0) is 43.2 Å². The Kier molecular flexibility index (Phi) is 4.56. The summed E-state index contributed by atoms with van der Waals surface area (Å²) in [4.78, 5) is 24.2. The van der Waals surface area contributed by atoms with Crippen molar-refractivity contribution in [3.8, 4) is 11.5 Å². The third kappa shape index (κ3) is 3.55. The number of rotatable bonds is 3. The monoisotopic (exact) mass is 336 g/mol. The molecule has 126 valence electrons. The molecular weight excluding hydrogens is 320 g/mol. The average molecular weight is 336 g/mol. The highest BCUT2D eigenvalue weighted by molar-refractivity contribution is 5.98. The van der Waals surface area contributed by atoms with Gasteiger partial charge in [-0.25, -0.2) is 0 Å². The quantitative estimate of drug-likeness (QED) is 0.716. The van der Waals surface area contributed by atoms with E-state index in [1.54, 1.807) is 24.3 Å². The Hall–Kier alpha value is -3.48. The fourth-order valence-corrected chi connectivity index (χ4v) is 2.24. The Morgan fingerprint density at radius 3 is 2.36 bits per heavy atom. The SMILES string of the molecule is Cc1cccc(C(=O)NNC(=O)c2nnc(-c3ccccc3)o2)c1C. The van der Waals surface area contributed by atoms with E-state index in [9.17, 15) is 9.59 Å². The van der Waals surface area contributed by atoms with Gasteiger partial charge in [-0.1, -0.05) is 30.3 Å². The summed E-state index contributed by atoms with van der Waals surface area (Å²) >= 11 is 0. The minimum absolute atomic E-state index is 0.228. The van der Waals surface area contributed by atoms with Gasteiger partial charge in [-0.2, -0.15) is 0 Å². The summed E-state index contributed by atoms with van der Waals surface area (Å²) in [6, 6.07) is 14.5. The molecule has 0 bridgehead atoms. The molecule has 0 aliphatic heterocycles. The summed E-state index contributed by atoms with van der Waals surface area (Å²) in [5.41, 5.74) is 7.64. The van der Waals surface area contributed by atoms with Crippen LogP contribution >= 0.6 is 0 Å². The zero-order chi connectivity index (χ0) is 17.8. The molecule has 3 aromatic rings. The van der Waals surface area contributed by atoms with Crippen LogP contribution in [-0.2, 0) is 0 Å². The highest BCUT2D eigenvalue weighted by atomic mass is 16.4. The lowest BCUT2D eigenvalue weighted by molar-refractivity contribution is 0.0826. The van der Waals surface area contributed by atoms with Gasteiger partial charge in [0.1, 0.15) is 0 Å². The normalized spacial score (nSPS) is 10.3. The molecule has 0 saturated heterocycles. The summed E-state index contributed by atoms with van der Waals surface area (Å²) < 4.78 is 5.33. The van der Waals surface area contributed by atoms with E-state index in [0.29, 0.717) is 11.1 Å². The second-order valence-corrected chi connectivity index (χ2v) is 5.43. The molecule has 7 heteroatoms. The molecule has 2 amide bonds. The molecule has 0 aliphatic rings. The Morgan fingerprint density at radius 2 is 1.60 bits per heavy atom. The maximum atomic E-state index is 12.2. The highest BCUT2D eigenvalue weighted by Crippen LogP contribution is 2.16. The average Bonchev–Trinajstić information content (AvgIpc) is 3.13. The van der Waals surface area contributed by atoms with Crippen molar-refractivity contribution in [2.75, 3.05) is 0 Å². The fourth-order valence-electron chi connectivity index (χ4n) is 2.24. The van der Waals surface area contributed by atoms with Gasteiger partial charge in [0.05, 0.1) is 0 Å². The van der Waals surface area contributed by atoms with Gasteiger partial charge in [-0.15, -0.1) is 10.2 Å². The number of carbonyl (C=O) groups excluding carboxylic acids is 2. The van der Waals surface area contributed by atoms with Gasteiger partial charge in [0, 0.05) is 11.1 Å². The smallest absolute Gasteiger partial charge is 0.327 e. The Labute approximate surface area is 144 Å². The number of aryl methyl sites for hydroxylation is 1. The molecule has 0 aliphatic carbocycles. The first-order chi connectivity index (χ1) is 12.1. The molecule has 1 heterocycles. The van der Waals surface area contributed by atoms with Gasteiger partial charge in [0.15, 0.2) is 0 Å². The van der Waals surface area contributed by atoms with Crippen LogP contribution in [0.25, 0.3) is 11.5 Å². The van der Waals surface area contributed by atoms with Crippen molar-refractivity contribution in [1.29, 1.82) is 0 Å². The molecule has 0 spiro atoms. The van der Waals surface area contributed by atoms with E-state index in [1.165, 1.54) is 0 Å². The number of hydrazine groups is 1. The van der Waals surface area contributed by atoms with Gasteiger partial charge in [0.25, 0.3) is 5.91 Å². The molecule has 0 atom stereocenters. The molecule has 7 nitrogen and oxygen atoms in total. The van der Waals surface area contributed by atoms with Crippen LogP contribution in [0.4, 0.5) is 0 Å². The third-order valence-electron chi connectivity index (χ3n) is 3.78. The summed E-state index contributed by atoms with van der Waals surface area (Å²) in [6.45, 7) is 3.75. The predicted octanol–water partition coefficient (Wildman–Crippen LogP) is 2.43. The largest absolute Gasteiger partial charge is 0.412 e. The van der Waals surface area contributed by atoms with Crippen LogP contribution in [-0.4, -0.2) is 22.0 Å². The van der Waals surface area contributed by atoms with E-state index < -0.39 is 11.8 Å². The van der Waals surface area contributed by atoms with Crippen LogP contribution in [0.15, 0.2) is 52.9 Å². The Morgan fingerprint density at radius 1 is 0.880 bits per heavy atom. The van der Waals surface area contributed by atoms with Crippen LogP contribution in [0.3, 0.4) is 0 Å². The molecule has 25 heavy (non-hydrogen) atoms. The standard InChI is InChI=1S/C18H16N4O3/c1-11-7-6-10-14(12(11)2)15(23)19-20-16(24)18-22-21-17(25-18)13-8-4-3-5-9-13/h3-10H,1-2H3,(H,19,23)(H,20,24). The number of nitrogens with zero attached hydrogens (tertiary/aromatic N) is 2. The molecule has 3 rings (SSSR count). The minimum atomic E-state index is -0.687. The minimum Gasteiger partial charge on any atom is -0.412 e. The lowest BCUT2D eigenvalue weighted by Gasteiger charge is -2.09. The summed E-state index contributed by atoms with van der Waals surface area (Å²) in [5, 5.41) is 7.52. The number of nitrogens with one attached hydrogen (secondary N) is 2. The number of hydrogen-bond donors (Lipinski definition) is 2. The van der Waals surface area contributed by atoms with Crippen molar-refractivity contribution < 1.29 is 14.0 Å². The van der Waals surface area contributed by atoms with E-state index in [2.05, 4.69) is 21.0 Å². The molecule has 0 saturated carbocycles. The van der Waals surface area contributed by atoms with Crippen LogP contribution in [0, 0.1) is 13.8 Å². The zero-order valence-corrected chi connectivity index (χ0v) is 13.7. The van der Waals surface area contributed by atoms with Gasteiger partial charge < -0.3 is 4.42 Å². The third-order valence-corrected chi connectivity index (χ3v) is 3.78. The van der Waals surface area contributed by atoms with E-state index in [4.69, 9.17) is 4.42 Å². The van der Waals surface area contributed by atoms with E-state index >= 15 is 0 Å². The lowest BCUT2D eigenvalue weighted by atomic mass is 10.0. The molecule has 2 N–H and O–H groups in total. The van der Waals surface area contributed by atoms with Crippen molar-refractivity contribution in [2.45, 2.75) is 13.8 Å². The predicted molar refractivity (Wildman–Crippen MR) is 90.6 cm³/mol. The first-order valence-corrected chi connectivity index (χ1v) is 7.62. The van der Waals surface area contributed by atoms with Crippen LogP contribution in [0.1, 0.15) is 32.2 Å². The molecule has 0 unspecified atom stereocenters.